The van der Waals surface area contributed by atoms with Crippen LogP contribution in [-0.4, -0.2) is 50.9 Å². The van der Waals surface area contributed by atoms with E-state index in [1.165, 1.54) is 12.8 Å². The van der Waals surface area contributed by atoms with Crippen LogP contribution in [0.4, 0.5) is 0 Å². The maximum atomic E-state index is 5.78. The summed E-state index contributed by atoms with van der Waals surface area (Å²) in [6, 6.07) is 7.81. The normalized spacial score (nSPS) is 17.6. The lowest BCUT2D eigenvalue weighted by Gasteiger charge is -2.20. The monoisotopic (exact) mass is 288 g/mol. The Kier molecular flexibility index (Phi) is 6.55. The molecule has 114 valence electrons. The maximum Gasteiger partial charge on any atom is 0.120 e. The van der Waals surface area contributed by atoms with Crippen molar-refractivity contribution in [3.8, 4) is 17.6 Å². The van der Waals surface area contributed by atoms with Gasteiger partial charge >= 0.3 is 0 Å². The number of nitrogens with zero attached hydrogens (tertiary/aromatic N) is 1. The van der Waals surface area contributed by atoms with E-state index in [0.29, 0.717) is 19.3 Å². The summed E-state index contributed by atoms with van der Waals surface area (Å²) >= 11 is 0. The summed E-state index contributed by atoms with van der Waals surface area (Å²) in [5.74, 6) is 6.71. The molecule has 0 bridgehead atoms. The first-order valence-electron chi connectivity index (χ1n) is 7.50. The SMILES string of the molecule is CN(CCOc1cccc(C#CCN)c1)CC1CCCO1. The number of hydrogen-bond donors (Lipinski definition) is 1. The molecule has 1 aromatic carbocycles. The maximum absolute atomic E-state index is 5.78. The number of nitrogens with two attached hydrogens (primary N) is 1. The van der Waals surface area contributed by atoms with E-state index in [4.69, 9.17) is 15.2 Å². The van der Waals surface area contributed by atoms with Crippen molar-refractivity contribution < 1.29 is 9.47 Å². The molecule has 0 aromatic heterocycles. The highest BCUT2D eigenvalue weighted by Crippen LogP contribution is 2.14. The van der Waals surface area contributed by atoms with Crippen LogP contribution in [-0.2, 0) is 4.74 Å². The van der Waals surface area contributed by atoms with E-state index in [1.54, 1.807) is 0 Å². The number of likely N-dealkylation sites (N-methyl/N-ethyl adjacent to an activating group) is 1. The van der Waals surface area contributed by atoms with E-state index < -0.39 is 0 Å². The third kappa shape index (κ3) is 5.76. The summed E-state index contributed by atoms with van der Waals surface area (Å²) in [6.07, 6.45) is 2.75. The molecule has 1 aromatic rings. The van der Waals surface area contributed by atoms with Crippen LogP contribution in [0.15, 0.2) is 24.3 Å². The summed E-state index contributed by atoms with van der Waals surface area (Å²) in [7, 11) is 2.11. The van der Waals surface area contributed by atoms with Crippen molar-refractivity contribution in [1.29, 1.82) is 0 Å². The average molecular weight is 288 g/mol. The smallest absolute Gasteiger partial charge is 0.120 e. The fourth-order valence-corrected chi connectivity index (χ4v) is 2.36. The highest BCUT2D eigenvalue weighted by molar-refractivity contribution is 5.39. The molecule has 1 heterocycles. The van der Waals surface area contributed by atoms with Crippen LogP contribution in [0.3, 0.4) is 0 Å². The highest BCUT2D eigenvalue weighted by atomic mass is 16.5. The van der Waals surface area contributed by atoms with Crippen LogP contribution in [0.2, 0.25) is 0 Å². The number of benzene rings is 1. The zero-order valence-corrected chi connectivity index (χ0v) is 12.7. The highest BCUT2D eigenvalue weighted by Gasteiger charge is 2.16. The van der Waals surface area contributed by atoms with Crippen molar-refractivity contribution >= 4 is 0 Å². The number of rotatable bonds is 6. The lowest BCUT2D eigenvalue weighted by atomic mass is 10.2. The third-order valence-electron chi connectivity index (χ3n) is 3.45. The van der Waals surface area contributed by atoms with E-state index in [1.807, 2.05) is 24.3 Å². The zero-order valence-electron chi connectivity index (χ0n) is 12.7. The Labute approximate surface area is 127 Å². The van der Waals surface area contributed by atoms with E-state index in [0.717, 1.165) is 31.0 Å². The van der Waals surface area contributed by atoms with Gasteiger partial charge in [0.25, 0.3) is 0 Å². The van der Waals surface area contributed by atoms with E-state index in [9.17, 15) is 0 Å². The van der Waals surface area contributed by atoms with Gasteiger partial charge in [0.05, 0.1) is 12.6 Å². The quantitative estimate of drug-likeness (QED) is 0.806. The van der Waals surface area contributed by atoms with Gasteiger partial charge in [-0.2, -0.15) is 0 Å². The molecule has 0 aliphatic carbocycles. The van der Waals surface area contributed by atoms with Gasteiger partial charge in [-0.1, -0.05) is 17.9 Å². The van der Waals surface area contributed by atoms with Gasteiger partial charge in [0.1, 0.15) is 12.4 Å². The molecule has 1 aliphatic rings. The molecule has 1 aliphatic heterocycles. The van der Waals surface area contributed by atoms with Crippen molar-refractivity contribution in [2.45, 2.75) is 18.9 Å². The standard InChI is InChI=1S/C17H24N2O2/c1-19(14-17-8-4-11-20-17)10-12-21-16-7-2-5-15(13-16)6-3-9-18/h2,5,7,13,17H,4,8-12,14,18H2,1H3. The van der Waals surface area contributed by atoms with Crippen LogP contribution in [0, 0.1) is 11.8 Å². The molecule has 1 atom stereocenters. The van der Waals surface area contributed by atoms with Gasteiger partial charge in [0, 0.05) is 25.3 Å². The average Bonchev–Trinajstić information content (AvgIpc) is 2.98. The number of ether oxygens (including phenoxy) is 2. The van der Waals surface area contributed by atoms with Crippen molar-refractivity contribution in [1.82, 2.24) is 4.90 Å². The summed E-state index contributed by atoms with van der Waals surface area (Å²) in [5, 5.41) is 0. The van der Waals surface area contributed by atoms with Crippen molar-refractivity contribution in [3.05, 3.63) is 29.8 Å². The molecular formula is C17H24N2O2. The first-order chi connectivity index (χ1) is 10.3. The van der Waals surface area contributed by atoms with Gasteiger partial charge in [0.15, 0.2) is 0 Å². The second-order valence-electron chi connectivity index (χ2n) is 5.28. The Morgan fingerprint density at radius 1 is 1.48 bits per heavy atom. The van der Waals surface area contributed by atoms with E-state index in [2.05, 4.69) is 23.8 Å². The van der Waals surface area contributed by atoms with Crippen LogP contribution in [0.5, 0.6) is 5.75 Å². The molecule has 0 amide bonds. The van der Waals surface area contributed by atoms with E-state index >= 15 is 0 Å². The topological polar surface area (TPSA) is 47.7 Å². The van der Waals surface area contributed by atoms with Gasteiger partial charge in [-0.3, -0.25) is 0 Å². The van der Waals surface area contributed by atoms with Gasteiger partial charge in [-0.15, -0.1) is 0 Å². The minimum Gasteiger partial charge on any atom is -0.492 e. The second kappa shape index (κ2) is 8.68. The molecule has 0 saturated carbocycles. The fraction of sp³-hybridized carbons (Fsp3) is 0.529. The molecular weight excluding hydrogens is 264 g/mol. The molecule has 0 radical (unpaired) electrons. The molecule has 21 heavy (non-hydrogen) atoms. The molecule has 1 unspecified atom stereocenters. The molecule has 4 nitrogen and oxygen atoms in total. The Bertz CT molecular complexity index is 487. The van der Waals surface area contributed by atoms with E-state index in [-0.39, 0.29) is 0 Å². The number of hydrogen-bond acceptors (Lipinski definition) is 4. The van der Waals surface area contributed by atoms with Crippen molar-refractivity contribution in [3.63, 3.8) is 0 Å². The largest absolute Gasteiger partial charge is 0.492 e. The molecule has 1 fully saturated rings. The van der Waals surface area contributed by atoms with Gasteiger partial charge in [-0.25, -0.2) is 0 Å². The lowest BCUT2D eigenvalue weighted by molar-refractivity contribution is 0.0771. The summed E-state index contributed by atoms with van der Waals surface area (Å²) < 4.78 is 11.4. The predicted molar refractivity (Wildman–Crippen MR) is 84.3 cm³/mol. The van der Waals surface area contributed by atoms with Gasteiger partial charge < -0.3 is 20.1 Å². The minimum atomic E-state index is 0.374. The Hall–Kier alpha value is -1.54. The zero-order chi connectivity index (χ0) is 14.9. The molecule has 2 N–H and O–H groups in total. The Morgan fingerprint density at radius 3 is 3.14 bits per heavy atom. The predicted octanol–water partition coefficient (Wildman–Crippen LogP) is 1.49. The van der Waals surface area contributed by atoms with Crippen molar-refractivity contribution in [2.24, 2.45) is 5.73 Å². The lowest BCUT2D eigenvalue weighted by Crippen LogP contribution is -2.32. The summed E-state index contributed by atoms with van der Waals surface area (Å²) in [5.41, 5.74) is 6.31. The molecule has 4 heteroatoms. The van der Waals surface area contributed by atoms with Crippen LogP contribution < -0.4 is 10.5 Å². The van der Waals surface area contributed by atoms with Crippen LogP contribution in [0.1, 0.15) is 18.4 Å². The Morgan fingerprint density at radius 2 is 2.38 bits per heavy atom. The second-order valence-corrected chi connectivity index (χ2v) is 5.28. The Balaban J connectivity index is 1.72. The van der Waals surface area contributed by atoms with Gasteiger partial charge in [-0.05, 0) is 38.1 Å². The first-order valence-corrected chi connectivity index (χ1v) is 7.50. The first kappa shape index (κ1) is 15.8. The van der Waals surface area contributed by atoms with Crippen molar-refractivity contribution in [2.75, 3.05) is 39.9 Å². The summed E-state index contributed by atoms with van der Waals surface area (Å²) in [4.78, 5) is 2.26. The summed E-state index contributed by atoms with van der Waals surface area (Å²) in [6.45, 7) is 3.81. The molecule has 1 saturated heterocycles. The minimum absolute atomic E-state index is 0.374. The fourth-order valence-electron chi connectivity index (χ4n) is 2.36. The molecule has 2 rings (SSSR count). The molecule has 0 spiro atoms. The van der Waals surface area contributed by atoms with Gasteiger partial charge in [0.2, 0.25) is 0 Å². The van der Waals surface area contributed by atoms with Crippen LogP contribution in [0.25, 0.3) is 0 Å². The third-order valence-corrected chi connectivity index (χ3v) is 3.45. The van der Waals surface area contributed by atoms with Crippen LogP contribution >= 0.6 is 0 Å².